The summed E-state index contributed by atoms with van der Waals surface area (Å²) in [6.07, 6.45) is 3.20. The van der Waals surface area contributed by atoms with E-state index in [0.717, 1.165) is 32.4 Å². The Morgan fingerprint density at radius 3 is 2.58 bits per heavy atom. The van der Waals surface area contributed by atoms with Crippen molar-refractivity contribution in [2.45, 2.75) is 52.6 Å². The van der Waals surface area contributed by atoms with Gasteiger partial charge in [-0.25, -0.2) is 4.79 Å². The lowest BCUT2D eigenvalue weighted by Gasteiger charge is -2.26. The van der Waals surface area contributed by atoms with Gasteiger partial charge < -0.3 is 23.6 Å². The number of ether oxygens (including phenoxy) is 3. The zero-order valence-electron chi connectivity index (χ0n) is 18.3. The van der Waals surface area contributed by atoms with E-state index in [-0.39, 0.29) is 30.9 Å². The van der Waals surface area contributed by atoms with Crippen molar-refractivity contribution >= 4 is 11.9 Å². The second kappa shape index (κ2) is 10.8. The summed E-state index contributed by atoms with van der Waals surface area (Å²) >= 11 is 0. The van der Waals surface area contributed by atoms with Crippen LogP contribution in [0.1, 0.15) is 68.0 Å². The molecule has 1 aromatic carbocycles. The van der Waals surface area contributed by atoms with Gasteiger partial charge in [-0.1, -0.05) is 19.0 Å². The second-order valence-corrected chi connectivity index (χ2v) is 7.60. The summed E-state index contributed by atoms with van der Waals surface area (Å²) in [5, 5.41) is 3.84. The van der Waals surface area contributed by atoms with Crippen LogP contribution in [0.5, 0.6) is 11.5 Å². The van der Waals surface area contributed by atoms with Crippen molar-refractivity contribution in [3.8, 4) is 11.5 Å². The summed E-state index contributed by atoms with van der Waals surface area (Å²) in [5.74, 6) is 1.09. The molecule has 1 aromatic heterocycles. The minimum absolute atomic E-state index is 0.0500. The Hall–Kier alpha value is -3.10. The van der Waals surface area contributed by atoms with Gasteiger partial charge in [-0.15, -0.1) is 0 Å². The van der Waals surface area contributed by atoms with Gasteiger partial charge in [0.2, 0.25) is 0 Å². The van der Waals surface area contributed by atoms with Crippen LogP contribution in [0, 0.1) is 0 Å². The van der Waals surface area contributed by atoms with E-state index in [1.165, 1.54) is 0 Å². The van der Waals surface area contributed by atoms with Crippen LogP contribution in [0.25, 0.3) is 0 Å². The first-order chi connectivity index (χ1) is 15.0. The van der Waals surface area contributed by atoms with E-state index >= 15 is 0 Å². The molecule has 9 heteroatoms. The lowest BCUT2D eigenvalue weighted by molar-refractivity contribution is -0.134. The van der Waals surface area contributed by atoms with Crippen LogP contribution in [0.2, 0.25) is 0 Å². The number of nitrogens with zero attached hydrogens (tertiary/aromatic N) is 3. The van der Waals surface area contributed by atoms with Crippen LogP contribution in [0.4, 0.5) is 0 Å². The molecule has 9 nitrogen and oxygen atoms in total. The summed E-state index contributed by atoms with van der Waals surface area (Å²) in [7, 11) is 0. The van der Waals surface area contributed by atoms with Crippen molar-refractivity contribution in [2.75, 3.05) is 26.3 Å². The van der Waals surface area contributed by atoms with Crippen LogP contribution in [0.15, 0.2) is 22.7 Å². The Balaban J connectivity index is 1.60. The van der Waals surface area contributed by atoms with Crippen LogP contribution in [-0.2, 0) is 16.1 Å². The molecule has 1 aliphatic rings. The molecule has 3 rings (SSSR count). The summed E-state index contributed by atoms with van der Waals surface area (Å²) in [6, 6.07) is 4.72. The number of likely N-dealkylation sites (tertiary alicyclic amines) is 1. The largest absolute Gasteiger partial charge is 0.490 e. The molecule has 0 unspecified atom stereocenters. The van der Waals surface area contributed by atoms with Gasteiger partial charge in [-0.3, -0.25) is 4.79 Å². The Morgan fingerprint density at radius 2 is 1.90 bits per heavy atom. The standard InChI is InChI=1S/C22H29N3O6/c1-4-28-18-12-16(22(27)30-13-19-23-21(15(2)3)24-31-19)8-9-17(18)29-14-20(26)25-10-6-5-7-11-25/h8-9,12,15H,4-7,10-11,13-14H2,1-3H3. The summed E-state index contributed by atoms with van der Waals surface area (Å²) in [5.41, 5.74) is 0.293. The summed E-state index contributed by atoms with van der Waals surface area (Å²) in [4.78, 5) is 30.8. The van der Waals surface area contributed by atoms with Crippen LogP contribution < -0.4 is 9.47 Å². The first-order valence-corrected chi connectivity index (χ1v) is 10.6. The molecule has 31 heavy (non-hydrogen) atoms. The fourth-order valence-electron chi connectivity index (χ4n) is 3.17. The van der Waals surface area contributed by atoms with Gasteiger partial charge in [0, 0.05) is 19.0 Å². The molecule has 0 spiro atoms. The zero-order chi connectivity index (χ0) is 22.2. The van der Waals surface area contributed by atoms with Crippen molar-refractivity contribution in [1.29, 1.82) is 0 Å². The lowest BCUT2D eigenvalue weighted by atomic mass is 10.1. The molecule has 1 amide bonds. The number of rotatable bonds is 9. The Morgan fingerprint density at radius 1 is 1.13 bits per heavy atom. The molecular formula is C22H29N3O6. The summed E-state index contributed by atoms with van der Waals surface area (Å²) in [6.45, 7) is 7.45. The average Bonchev–Trinajstić information content (AvgIpc) is 3.26. The minimum atomic E-state index is -0.554. The molecule has 0 bridgehead atoms. The van der Waals surface area contributed by atoms with Crippen molar-refractivity contribution in [3.05, 3.63) is 35.5 Å². The van der Waals surface area contributed by atoms with E-state index < -0.39 is 5.97 Å². The van der Waals surface area contributed by atoms with E-state index in [9.17, 15) is 9.59 Å². The summed E-state index contributed by atoms with van der Waals surface area (Å²) < 4.78 is 21.6. The zero-order valence-corrected chi connectivity index (χ0v) is 18.3. The molecule has 1 fully saturated rings. The Labute approximate surface area is 181 Å². The highest BCUT2D eigenvalue weighted by Gasteiger charge is 2.19. The molecule has 1 saturated heterocycles. The predicted molar refractivity (Wildman–Crippen MR) is 111 cm³/mol. The molecule has 0 aliphatic carbocycles. The number of hydrogen-bond donors (Lipinski definition) is 0. The lowest BCUT2D eigenvalue weighted by Crippen LogP contribution is -2.38. The average molecular weight is 431 g/mol. The molecule has 0 radical (unpaired) electrons. The van der Waals surface area contributed by atoms with Gasteiger partial charge >= 0.3 is 5.97 Å². The molecule has 0 atom stereocenters. The number of esters is 1. The van der Waals surface area contributed by atoms with Gasteiger partial charge in [0.1, 0.15) is 0 Å². The highest BCUT2D eigenvalue weighted by molar-refractivity contribution is 5.90. The number of amides is 1. The van der Waals surface area contributed by atoms with Crippen LogP contribution >= 0.6 is 0 Å². The van der Waals surface area contributed by atoms with Crippen molar-refractivity contribution in [3.63, 3.8) is 0 Å². The maximum Gasteiger partial charge on any atom is 0.338 e. The molecule has 1 aliphatic heterocycles. The van der Waals surface area contributed by atoms with Crippen molar-refractivity contribution in [1.82, 2.24) is 15.0 Å². The molecule has 0 N–H and O–H groups in total. The van der Waals surface area contributed by atoms with E-state index in [2.05, 4.69) is 10.1 Å². The molecule has 0 saturated carbocycles. The van der Waals surface area contributed by atoms with Gasteiger partial charge in [-0.2, -0.15) is 4.98 Å². The van der Waals surface area contributed by atoms with Crippen molar-refractivity contribution in [2.24, 2.45) is 0 Å². The quantitative estimate of drug-likeness (QED) is 0.557. The van der Waals surface area contributed by atoms with E-state index in [0.29, 0.717) is 29.5 Å². The van der Waals surface area contributed by atoms with Crippen molar-refractivity contribution < 1.29 is 28.3 Å². The normalized spacial score (nSPS) is 13.9. The fraction of sp³-hybridized carbons (Fsp3) is 0.545. The number of aromatic nitrogens is 2. The van der Waals surface area contributed by atoms with Crippen LogP contribution in [-0.4, -0.2) is 53.2 Å². The monoisotopic (exact) mass is 431 g/mol. The van der Waals surface area contributed by atoms with Gasteiger partial charge in [0.05, 0.1) is 12.2 Å². The van der Waals surface area contributed by atoms with Gasteiger partial charge in [0.25, 0.3) is 11.8 Å². The number of carbonyl (C=O) groups excluding carboxylic acids is 2. The van der Waals surface area contributed by atoms with Gasteiger partial charge in [-0.05, 0) is 44.4 Å². The van der Waals surface area contributed by atoms with E-state index in [4.69, 9.17) is 18.7 Å². The molecule has 2 heterocycles. The maximum atomic E-state index is 12.4. The second-order valence-electron chi connectivity index (χ2n) is 7.60. The number of hydrogen-bond acceptors (Lipinski definition) is 8. The SMILES string of the molecule is CCOc1cc(C(=O)OCc2nc(C(C)C)no2)ccc1OCC(=O)N1CCCCC1. The molecular weight excluding hydrogens is 402 g/mol. The fourth-order valence-corrected chi connectivity index (χ4v) is 3.17. The molecule has 168 valence electrons. The smallest absolute Gasteiger partial charge is 0.338 e. The molecule has 2 aromatic rings. The first kappa shape index (κ1) is 22.6. The maximum absolute atomic E-state index is 12.4. The van der Waals surface area contributed by atoms with Crippen LogP contribution in [0.3, 0.4) is 0 Å². The number of piperidine rings is 1. The first-order valence-electron chi connectivity index (χ1n) is 10.6. The predicted octanol–water partition coefficient (Wildman–Crippen LogP) is 3.34. The Kier molecular flexibility index (Phi) is 7.86. The third kappa shape index (κ3) is 6.19. The van der Waals surface area contributed by atoms with E-state index in [1.807, 2.05) is 25.7 Å². The minimum Gasteiger partial charge on any atom is -0.490 e. The topological polar surface area (TPSA) is 104 Å². The van der Waals surface area contributed by atoms with E-state index in [1.54, 1.807) is 18.2 Å². The Bertz CT molecular complexity index is 889. The number of benzene rings is 1. The third-order valence-corrected chi connectivity index (χ3v) is 4.87. The van der Waals surface area contributed by atoms with Gasteiger partial charge in [0.15, 0.2) is 30.5 Å². The highest BCUT2D eigenvalue weighted by atomic mass is 16.6. The third-order valence-electron chi connectivity index (χ3n) is 4.87. The highest BCUT2D eigenvalue weighted by Crippen LogP contribution is 2.29. The number of carbonyl (C=O) groups is 2.